The van der Waals surface area contributed by atoms with Crippen LogP contribution < -0.4 is 5.32 Å². The van der Waals surface area contributed by atoms with E-state index >= 15 is 0 Å². The number of hydrogen-bond acceptors (Lipinski definition) is 3. The highest BCUT2D eigenvalue weighted by atomic mass is 16.5. The first-order valence-corrected chi connectivity index (χ1v) is 5.62. The molecule has 1 aromatic rings. The molecule has 0 aliphatic carbocycles. The normalized spacial score (nSPS) is 11.4. The van der Waals surface area contributed by atoms with Gasteiger partial charge in [0.1, 0.15) is 6.04 Å². The fraction of sp³-hybridized carbons (Fsp3) is 0.286. The maximum atomic E-state index is 11.9. The minimum atomic E-state index is -0.694. The number of benzene rings is 1. The Balaban J connectivity index is 2.74. The summed E-state index contributed by atoms with van der Waals surface area (Å²) in [4.78, 5) is 23.4. The van der Waals surface area contributed by atoms with Gasteiger partial charge in [-0.15, -0.1) is 6.58 Å². The number of carbonyl (C=O) groups excluding carboxylic acids is 2. The second-order valence-electron chi connectivity index (χ2n) is 4.08. The van der Waals surface area contributed by atoms with E-state index in [0.717, 1.165) is 5.57 Å². The van der Waals surface area contributed by atoms with Gasteiger partial charge < -0.3 is 10.1 Å². The Morgan fingerprint density at radius 1 is 1.33 bits per heavy atom. The van der Waals surface area contributed by atoms with Crippen molar-refractivity contribution in [1.29, 1.82) is 0 Å². The summed E-state index contributed by atoms with van der Waals surface area (Å²) in [5.41, 5.74) is 1.31. The molecule has 0 aromatic heterocycles. The van der Waals surface area contributed by atoms with Gasteiger partial charge >= 0.3 is 5.97 Å². The molecule has 4 heteroatoms. The molecule has 0 radical (unpaired) electrons. The van der Waals surface area contributed by atoms with Crippen molar-refractivity contribution in [1.82, 2.24) is 5.32 Å². The van der Waals surface area contributed by atoms with Crippen LogP contribution >= 0.6 is 0 Å². The van der Waals surface area contributed by atoms with Crippen molar-refractivity contribution in [2.24, 2.45) is 0 Å². The molecule has 0 aliphatic rings. The first-order chi connectivity index (χ1) is 8.54. The molecule has 0 fully saturated rings. The number of ether oxygens (including phenoxy) is 1. The fourth-order valence-corrected chi connectivity index (χ4v) is 1.52. The largest absolute Gasteiger partial charge is 0.467 e. The summed E-state index contributed by atoms with van der Waals surface area (Å²) in [5, 5.41) is 2.64. The zero-order chi connectivity index (χ0) is 13.5. The van der Waals surface area contributed by atoms with Gasteiger partial charge in [-0.3, -0.25) is 4.79 Å². The van der Waals surface area contributed by atoms with Gasteiger partial charge in [-0.25, -0.2) is 4.79 Å². The highest BCUT2D eigenvalue weighted by Crippen LogP contribution is 2.06. The van der Waals surface area contributed by atoms with Crippen molar-refractivity contribution in [2.75, 3.05) is 7.11 Å². The van der Waals surface area contributed by atoms with Crippen LogP contribution in [0.25, 0.3) is 0 Å². The average molecular weight is 247 g/mol. The highest BCUT2D eigenvalue weighted by molar-refractivity contribution is 5.96. The molecule has 0 unspecified atom stereocenters. The van der Waals surface area contributed by atoms with Gasteiger partial charge in [0.05, 0.1) is 7.11 Å². The third-order valence-electron chi connectivity index (χ3n) is 2.38. The van der Waals surface area contributed by atoms with Crippen LogP contribution in [-0.2, 0) is 9.53 Å². The predicted octanol–water partition coefficient (Wildman–Crippen LogP) is 1.92. The summed E-state index contributed by atoms with van der Waals surface area (Å²) >= 11 is 0. The van der Waals surface area contributed by atoms with E-state index in [1.54, 1.807) is 31.2 Å². The molecule has 4 nitrogen and oxygen atoms in total. The van der Waals surface area contributed by atoms with Crippen molar-refractivity contribution in [3.05, 3.63) is 48.0 Å². The van der Waals surface area contributed by atoms with E-state index in [2.05, 4.69) is 16.6 Å². The smallest absolute Gasteiger partial charge is 0.328 e. The van der Waals surface area contributed by atoms with Crippen LogP contribution in [0.1, 0.15) is 23.7 Å². The standard InChI is InChI=1S/C14H17NO3/c1-10(2)9-12(14(17)18-3)15-13(16)11-7-5-4-6-8-11/h4-8,12H,1,9H2,2-3H3,(H,15,16)/t12-/m0/s1. The van der Waals surface area contributed by atoms with E-state index in [0.29, 0.717) is 12.0 Å². The maximum Gasteiger partial charge on any atom is 0.328 e. The molecule has 0 aliphatic heterocycles. The molecule has 0 bridgehead atoms. The Morgan fingerprint density at radius 3 is 2.44 bits per heavy atom. The maximum absolute atomic E-state index is 11.9. The number of methoxy groups -OCH3 is 1. The molecule has 0 saturated carbocycles. The van der Waals surface area contributed by atoms with Crippen LogP contribution in [-0.4, -0.2) is 25.0 Å². The fourth-order valence-electron chi connectivity index (χ4n) is 1.52. The summed E-state index contributed by atoms with van der Waals surface area (Å²) in [5.74, 6) is -0.769. The Kier molecular flexibility index (Phi) is 5.11. The van der Waals surface area contributed by atoms with Crippen molar-refractivity contribution in [3.8, 4) is 0 Å². The van der Waals surface area contributed by atoms with Gasteiger partial charge in [0.25, 0.3) is 5.91 Å². The Bertz CT molecular complexity index is 440. The molecular formula is C14H17NO3. The van der Waals surface area contributed by atoms with Gasteiger partial charge in [-0.05, 0) is 25.5 Å². The van der Waals surface area contributed by atoms with E-state index < -0.39 is 12.0 Å². The summed E-state index contributed by atoms with van der Waals surface area (Å²) in [6.45, 7) is 5.53. The van der Waals surface area contributed by atoms with Crippen LogP contribution in [0.4, 0.5) is 0 Å². The minimum Gasteiger partial charge on any atom is -0.467 e. The molecule has 96 valence electrons. The lowest BCUT2D eigenvalue weighted by Crippen LogP contribution is -2.41. The quantitative estimate of drug-likeness (QED) is 0.639. The van der Waals surface area contributed by atoms with E-state index in [1.807, 2.05) is 6.07 Å². The van der Waals surface area contributed by atoms with Crippen molar-refractivity contribution >= 4 is 11.9 Å². The summed E-state index contributed by atoms with van der Waals surface area (Å²) < 4.78 is 4.66. The number of nitrogens with one attached hydrogen (secondary N) is 1. The van der Waals surface area contributed by atoms with Crippen LogP contribution in [0.15, 0.2) is 42.5 Å². The second kappa shape index (κ2) is 6.59. The van der Waals surface area contributed by atoms with Crippen LogP contribution in [0.3, 0.4) is 0 Å². The molecule has 0 heterocycles. The van der Waals surface area contributed by atoms with Gasteiger partial charge in [0, 0.05) is 5.56 Å². The molecule has 1 aromatic carbocycles. The van der Waals surface area contributed by atoms with Gasteiger partial charge in [0.2, 0.25) is 0 Å². The monoisotopic (exact) mass is 247 g/mol. The molecular weight excluding hydrogens is 230 g/mol. The first kappa shape index (κ1) is 14.0. The molecule has 1 N–H and O–H groups in total. The Morgan fingerprint density at radius 2 is 1.94 bits per heavy atom. The van der Waals surface area contributed by atoms with Gasteiger partial charge in [-0.2, -0.15) is 0 Å². The average Bonchev–Trinajstić information content (AvgIpc) is 2.37. The third kappa shape index (κ3) is 4.05. The second-order valence-corrected chi connectivity index (χ2v) is 4.08. The molecule has 1 atom stereocenters. The molecule has 1 amide bonds. The van der Waals surface area contributed by atoms with Crippen LogP contribution in [0.5, 0.6) is 0 Å². The SMILES string of the molecule is C=C(C)C[C@H](NC(=O)c1ccccc1)C(=O)OC. The Labute approximate surface area is 107 Å². The third-order valence-corrected chi connectivity index (χ3v) is 2.38. The molecule has 0 spiro atoms. The summed E-state index contributed by atoms with van der Waals surface area (Å²) in [7, 11) is 1.29. The summed E-state index contributed by atoms with van der Waals surface area (Å²) in [6.07, 6.45) is 0.366. The van der Waals surface area contributed by atoms with Gasteiger partial charge in [-0.1, -0.05) is 23.8 Å². The topological polar surface area (TPSA) is 55.4 Å². The number of hydrogen-bond donors (Lipinski definition) is 1. The lowest BCUT2D eigenvalue weighted by Gasteiger charge is -2.16. The lowest BCUT2D eigenvalue weighted by molar-refractivity contribution is -0.142. The highest BCUT2D eigenvalue weighted by Gasteiger charge is 2.21. The van der Waals surface area contributed by atoms with Crippen molar-refractivity contribution in [3.63, 3.8) is 0 Å². The summed E-state index contributed by atoms with van der Waals surface area (Å²) in [6, 6.07) is 8.03. The van der Waals surface area contributed by atoms with Crippen molar-refractivity contribution < 1.29 is 14.3 Å². The first-order valence-electron chi connectivity index (χ1n) is 5.62. The van der Waals surface area contributed by atoms with Gasteiger partial charge in [0.15, 0.2) is 0 Å². The molecule has 1 rings (SSSR count). The van der Waals surface area contributed by atoms with E-state index in [4.69, 9.17) is 0 Å². The van der Waals surface area contributed by atoms with E-state index in [1.165, 1.54) is 7.11 Å². The zero-order valence-electron chi connectivity index (χ0n) is 10.6. The molecule has 18 heavy (non-hydrogen) atoms. The Hall–Kier alpha value is -2.10. The van der Waals surface area contributed by atoms with Crippen LogP contribution in [0, 0.1) is 0 Å². The van der Waals surface area contributed by atoms with Crippen molar-refractivity contribution in [2.45, 2.75) is 19.4 Å². The number of carbonyl (C=O) groups is 2. The number of rotatable bonds is 5. The lowest BCUT2D eigenvalue weighted by atomic mass is 10.1. The van der Waals surface area contributed by atoms with E-state index in [9.17, 15) is 9.59 Å². The number of amides is 1. The predicted molar refractivity (Wildman–Crippen MR) is 69.1 cm³/mol. The number of esters is 1. The van der Waals surface area contributed by atoms with E-state index in [-0.39, 0.29) is 5.91 Å². The van der Waals surface area contributed by atoms with Crippen LogP contribution in [0.2, 0.25) is 0 Å². The minimum absolute atomic E-state index is 0.299. The molecule has 0 saturated heterocycles. The zero-order valence-corrected chi connectivity index (χ0v) is 10.6.